The fraction of sp³-hybridized carbons (Fsp3) is 0.300. The van der Waals surface area contributed by atoms with Gasteiger partial charge < -0.3 is 4.90 Å². The number of hydrogen-bond acceptors (Lipinski definition) is 4. The van der Waals surface area contributed by atoms with E-state index in [2.05, 4.69) is 9.80 Å². The molecular formula is C20H18Cl3N3O2. The van der Waals surface area contributed by atoms with Gasteiger partial charge in [-0.05, 0) is 36.4 Å². The second kappa shape index (κ2) is 7.91. The van der Waals surface area contributed by atoms with Gasteiger partial charge in [0.15, 0.2) is 0 Å². The average molecular weight is 439 g/mol. The van der Waals surface area contributed by atoms with Crippen LogP contribution < -0.4 is 9.80 Å². The average Bonchev–Trinajstić information content (AvgIpc) is 2.98. The number of nitrogens with zero attached hydrogens (tertiary/aromatic N) is 3. The van der Waals surface area contributed by atoms with E-state index >= 15 is 0 Å². The maximum absolute atomic E-state index is 13.0. The van der Waals surface area contributed by atoms with Gasteiger partial charge in [0.25, 0.3) is 5.91 Å². The second-order valence-electron chi connectivity index (χ2n) is 6.89. The molecular weight excluding hydrogens is 421 g/mol. The summed E-state index contributed by atoms with van der Waals surface area (Å²) in [5.41, 5.74) is 1.53. The van der Waals surface area contributed by atoms with Crippen molar-refractivity contribution in [1.29, 1.82) is 0 Å². The molecule has 2 aromatic rings. The number of carbonyl (C=O) groups excluding carboxylic acids is 2. The Morgan fingerprint density at radius 1 is 0.821 bits per heavy atom. The van der Waals surface area contributed by atoms with Crippen molar-refractivity contribution in [2.75, 3.05) is 36.0 Å². The maximum atomic E-state index is 13.0. The molecule has 0 N–H and O–H groups in total. The third-order valence-corrected chi connectivity index (χ3v) is 6.19. The molecule has 2 heterocycles. The van der Waals surface area contributed by atoms with Crippen LogP contribution in [0, 0.1) is 0 Å². The number of anilines is 2. The molecule has 146 valence electrons. The Hall–Kier alpha value is -1.79. The fourth-order valence-electron chi connectivity index (χ4n) is 3.76. The van der Waals surface area contributed by atoms with Gasteiger partial charge >= 0.3 is 0 Å². The van der Waals surface area contributed by atoms with Gasteiger partial charge in [-0.25, -0.2) is 4.90 Å². The fourth-order valence-corrected chi connectivity index (χ4v) is 4.24. The zero-order valence-corrected chi connectivity index (χ0v) is 17.2. The van der Waals surface area contributed by atoms with Crippen molar-refractivity contribution < 1.29 is 9.59 Å². The molecule has 2 saturated heterocycles. The molecule has 2 fully saturated rings. The van der Waals surface area contributed by atoms with Crippen molar-refractivity contribution in [2.24, 2.45) is 0 Å². The van der Waals surface area contributed by atoms with Crippen LogP contribution in [-0.2, 0) is 9.59 Å². The van der Waals surface area contributed by atoms with E-state index < -0.39 is 6.04 Å². The minimum Gasteiger partial charge on any atom is -0.369 e. The van der Waals surface area contributed by atoms with Crippen LogP contribution >= 0.6 is 34.8 Å². The van der Waals surface area contributed by atoms with Crippen molar-refractivity contribution in [3.05, 3.63) is 57.5 Å². The van der Waals surface area contributed by atoms with Gasteiger partial charge in [0.2, 0.25) is 5.91 Å². The van der Waals surface area contributed by atoms with Crippen molar-refractivity contribution in [3.8, 4) is 0 Å². The van der Waals surface area contributed by atoms with Crippen LogP contribution in [-0.4, -0.2) is 48.9 Å². The normalized spacial score (nSPS) is 20.9. The Kier molecular flexibility index (Phi) is 5.52. The lowest BCUT2D eigenvalue weighted by atomic mass is 10.1. The van der Waals surface area contributed by atoms with E-state index in [4.69, 9.17) is 34.8 Å². The molecule has 2 amide bonds. The molecule has 8 heteroatoms. The summed E-state index contributed by atoms with van der Waals surface area (Å²) in [6, 6.07) is 12.1. The molecule has 2 aliphatic heterocycles. The molecule has 28 heavy (non-hydrogen) atoms. The predicted molar refractivity (Wildman–Crippen MR) is 113 cm³/mol. The van der Waals surface area contributed by atoms with Crippen LogP contribution in [0.2, 0.25) is 15.1 Å². The van der Waals surface area contributed by atoms with Crippen LogP contribution in [0.1, 0.15) is 6.42 Å². The highest BCUT2D eigenvalue weighted by Crippen LogP contribution is 2.32. The summed E-state index contributed by atoms with van der Waals surface area (Å²) in [7, 11) is 0. The van der Waals surface area contributed by atoms with E-state index in [0.717, 1.165) is 18.8 Å². The molecule has 5 nitrogen and oxygen atoms in total. The lowest BCUT2D eigenvalue weighted by Gasteiger charge is -2.38. The topological polar surface area (TPSA) is 43.9 Å². The molecule has 0 aromatic heterocycles. The van der Waals surface area contributed by atoms with Crippen molar-refractivity contribution >= 4 is 58.0 Å². The van der Waals surface area contributed by atoms with Crippen LogP contribution in [0.5, 0.6) is 0 Å². The smallest absolute Gasteiger partial charge is 0.251 e. The summed E-state index contributed by atoms with van der Waals surface area (Å²) in [4.78, 5) is 31.0. The van der Waals surface area contributed by atoms with E-state index in [1.807, 2.05) is 24.3 Å². The highest BCUT2D eigenvalue weighted by atomic mass is 35.5. The summed E-state index contributed by atoms with van der Waals surface area (Å²) in [5, 5.41) is 1.41. The quantitative estimate of drug-likeness (QED) is 0.677. The van der Waals surface area contributed by atoms with Gasteiger partial charge in [0, 0.05) is 36.9 Å². The molecule has 4 rings (SSSR count). The van der Waals surface area contributed by atoms with E-state index in [0.29, 0.717) is 33.8 Å². The summed E-state index contributed by atoms with van der Waals surface area (Å²) in [6.45, 7) is 2.94. The first kappa shape index (κ1) is 19.5. The molecule has 0 bridgehead atoms. The SMILES string of the molecule is O=C1C[C@H](N2CCN(c3cccc(Cl)c3)CC2)C(=O)N1c1ccc(Cl)c(Cl)c1. The van der Waals surface area contributed by atoms with Gasteiger partial charge in [0.1, 0.15) is 0 Å². The van der Waals surface area contributed by atoms with E-state index in [1.54, 1.807) is 18.2 Å². The van der Waals surface area contributed by atoms with E-state index in [1.165, 1.54) is 4.90 Å². The van der Waals surface area contributed by atoms with Crippen LogP contribution in [0.25, 0.3) is 0 Å². The lowest BCUT2D eigenvalue weighted by molar-refractivity contribution is -0.123. The predicted octanol–water partition coefficient (Wildman–Crippen LogP) is 4.10. The van der Waals surface area contributed by atoms with Crippen LogP contribution in [0.4, 0.5) is 11.4 Å². The number of imide groups is 1. The molecule has 0 spiro atoms. The number of carbonyl (C=O) groups is 2. The first-order chi connectivity index (χ1) is 13.4. The third kappa shape index (κ3) is 3.72. The Morgan fingerprint density at radius 2 is 1.57 bits per heavy atom. The molecule has 0 saturated carbocycles. The monoisotopic (exact) mass is 437 g/mol. The number of amides is 2. The van der Waals surface area contributed by atoms with Gasteiger partial charge in [-0.1, -0.05) is 40.9 Å². The van der Waals surface area contributed by atoms with Gasteiger partial charge in [-0.3, -0.25) is 14.5 Å². The number of benzene rings is 2. The maximum Gasteiger partial charge on any atom is 0.251 e. The first-order valence-corrected chi connectivity index (χ1v) is 10.1. The van der Waals surface area contributed by atoms with Crippen LogP contribution in [0.15, 0.2) is 42.5 Å². The molecule has 0 unspecified atom stereocenters. The van der Waals surface area contributed by atoms with Crippen molar-refractivity contribution in [3.63, 3.8) is 0 Å². The standard InChI is InChI=1S/C20H18Cl3N3O2/c21-13-2-1-3-14(10-13)24-6-8-25(9-7-24)18-12-19(27)26(20(18)28)15-4-5-16(22)17(23)11-15/h1-5,10-11,18H,6-9,12H2/t18-/m0/s1. The summed E-state index contributed by atoms with van der Waals surface area (Å²) in [5.74, 6) is -0.426. The van der Waals surface area contributed by atoms with E-state index in [9.17, 15) is 9.59 Å². The molecule has 0 radical (unpaired) electrons. The van der Waals surface area contributed by atoms with Gasteiger partial charge in [0.05, 0.1) is 28.2 Å². The number of rotatable bonds is 3. The van der Waals surface area contributed by atoms with Crippen molar-refractivity contribution in [2.45, 2.75) is 12.5 Å². The molecule has 1 atom stereocenters. The lowest BCUT2D eigenvalue weighted by Crippen LogP contribution is -2.52. The molecule has 2 aliphatic rings. The van der Waals surface area contributed by atoms with Crippen molar-refractivity contribution in [1.82, 2.24) is 4.90 Å². The largest absolute Gasteiger partial charge is 0.369 e. The molecule has 0 aliphatic carbocycles. The minimum absolute atomic E-state index is 0.177. The Labute approximate surface area is 178 Å². The summed E-state index contributed by atoms with van der Waals surface area (Å²) < 4.78 is 0. The zero-order valence-electron chi connectivity index (χ0n) is 14.9. The number of hydrogen-bond donors (Lipinski definition) is 0. The Bertz CT molecular complexity index is 929. The Morgan fingerprint density at radius 3 is 2.25 bits per heavy atom. The van der Waals surface area contributed by atoms with Gasteiger partial charge in [-0.15, -0.1) is 0 Å². The summed E-state index contributed by atoms with van der Waals surface area (Å²) in [6.07, 6.45) is 0.177. The third-order valence-electron chi connectivity index (χ3n) is 5.21. The Balaban J connectivity index is 1.45. The minimum atomic E-state index is -0.441. The number of piperazine rings is 1. The zero-order chi connectivity index (χ0) is 19.8. The van der Waals surface area contributed by atoms with E-state index in [-0.39, 0.29) is 18.2 Å². The van der Waals surface area contributed by atoms with Gasteiger partial charge in [-0.2, -0.15) is 0 Å². The number of halogens is 3. The first-order valence-electron chi connectivity index (χ1n) is 9.00. The highest BCUT2D eigenvalue weighted by Gasteiger charge is 2.43. The highest BCUT2D eigenvalue weighted by molar-refractivity contribution is 6.42. The second-order valence-corrected chi connectivity index (χ2v) is 8.14. The molecule has 2 aromatic carbocycles. The van der Waals surface area contributed by atoms with Crippen LogP contribution in [0.3, 0.4) is 0 Å². The summed E-state index contributed by atoms with van der Waals surface area (Å²) >= 11 is 18.1.